The molecule has 2 rings (SSSR count). The summed E-state index contributed by atoms with van der Waals surface area (Å²) in [6.45, 7) is 6.68. The highest BCUT2D eigenvalue weighted by Gasteiger charge is 2.13. The summed E-state index contributed by atoms with van der Waals surface area (Å²) in [6.07, 6.45) is 4.43. The predicted octanol–water partition coefficient (Wildman–Crippen LogP) is 3.62. The lowest BCUT2D eigenvalue weighted by atomic mass is 9.86. The van der Waals surface area contributed by atoms with Crippen molar-refractivity contribution < 1.29 is 0 Å². The van der Waals surface area contributed by atoms with Crippen LogP contribution in [0.1, 0.15) is 43.5 Å². The zero-order valence-corrected chi connectivity index (χ0v) is 11.9. The van der Waals surface area contributed by atoms with Gasteiger partial charge in [-0.25, -0.2) is 0 Å². The summed E-state index contributed by atoms with van der Waals surface area (Å²) >= 11 is 0. The van der Waals surface area contributed by atoms with Crippen LogP contribution < -0.4 is 5.73 Å². The summed E-state index contributed by atoms with van der Waals surface area (Å²) in [4.78, 5) is 4.02. The van der Waals surface area contributed by atoms with Crippen molar-refractivity contribution in [1.29, 1.82) is 0 Å². The molecule has 0 bridgehead atoms. The summed E-state index contributed by atoms with van der Waals surface area (Å²) < 4.78 is 0. The van der Waals surface area contributed by atoms with Gasteiger partial charge in [0.1, 0.15) is 0 Å². The van der Waals surface area contributed by atoms with Gasteiger partial charge in [0.15, 0.2) is 0 Å². The van der Waals surface area contributed by atoms with E-state index in [0.29, 0.717) is 0 Å². The number of hydrogen-bond donors (Lipinski definition) is 1. The Balaban J connectivity index is 2.08. The van der Waals surface area contributed by atoms with Crippen LogP contribution in [0.5, 0.6) is 0 Å². The number of rotatable bonds is 3. The average molecular weight is 254 g/mol. The van der Waals surface area contributed by atoms with Crippen molar-refractivity contribution in [2.45, 2.75) is 38.6 Å². The van der Waals surface area contributed by atoms with E-state index in [2.05, 4.69) is 50.0 Å². The van der Waals surface area contributed by atoms with Crippen molar-refractivity contribution in [3.8, 4) is 0 Å². The second kappa shape index (κ2) is 5.54. The maximum atomic E-state index is 6.22. The number of aromatic nitrogens is 1. The van der Waals surface area contributed by atoms with Crippen molar-refractivity contribution in [2.75, 3.05) is 0 Å². The maximum Gasteiger partial charge on any atom is 0.0336 e. The molecule has 0 fully saturated rings. The number of hydrogen-bond acceptors (Lipinski definition) is 2. The Kier molecular flexibility index (Phi) is 4.01. The fourth-order valence-electron chi connectivity index (χ4n) is 2.12. The Morgan fingerprint density at radius 3 is 2.11 bits per heavy atom. The van der Waals surface area contributed by atoms with Crippen molar-refractivity contribution in [1.82, 2.24) is 4.98 Å². The molecule has 0 spiro atoms. The monoisotopic (exact) mass is 254 g/mol. The third-order valence-corrected chi connectivity index (χ3v) is 3.41. The number of nitrogens with zero attached hydrogens (tertiary/aromatic N) is 1. The Morgan fingerprint density at radius 1 is 1.00 bits per heavy atom. The molecule has 0 radical (unpaired) electrons. The Bertz CT molecular complexity index is 509. The van der Waals surface area contributed by atoms with Gasteiger partial charge in [-0.1, -0.05) is 45.0 Å². The third-order valence-electron chi connectivity index (χ3n) is 3.41. The van der Waals surface area contributed by atoms with Crippen LogP contribution in [0.4, 0.5) is 0 Å². The second-order valence-corrected chi connectivity index (χ2v) is 6.04. The quantitative estimate of drug-likeness (QED) is 0.908. The summed E-state index contributed by atoms with van der Waals surface area (Å²) in [5.41, 5.74) is 10.2. The first kappa shape index (κ1) is 13.8. The molecule has 0 amide bonds. The van der Waals surface area contributed by atoms with Gasteiger partial charge in [-0.3, -0.25) is 4.98 Å². The van der Waals surface area contributed by atoms with E-state index in [1.165, 1.54) is 11.1 Å². The van der Waals surface area contributed by atoms with Crippen molar-refractivity contribution >= 4 is 0 Å². The Labute approximate surface area is 115 Å². The number of benzene rings is 1. The lowest BCUT2D eigenvalue weighted by molar-refractivity contribution is 0.589. The average Bonchev–Trinajstić information content (AvgIpc) is 2.39. The summed E-state index contributed by atoms with van der Waals surface area (Å²) in [5, 5.41) is 0. The smallest absolute Gasteiger partial charge is 0.0336 e. The van der Waals surface area contributed by atoms with Crippen LogP contribution in [-0.4, -0.2) is 4.98 Å². The van der Waals surface area contributed by atoms with E-state index >= 15 is 0 Å². The standard InChI is InChI=1S/C17H22N2/c1-17(2,3)15-6-4-13(5-7-15)12-16(18)14-8-10-19-11-9-14/h4-11,16H,12,18H2,1-3H3. The van der Waals surface area contributed by atoms with Crippen LogP contribution in [0.2, 0.25) is 0 Å². The van der Waals surface area contributed by atoms with E-state index < -0.39 is 0 Å². The van der Waals surface area contributed by atoms with E-state index in [9.17, 15) is 0 Å². The molecule has 1 aromatic heterocycles. The predicted molar refractivity (Wildman–Crippen MR) is 80.0 cm³/mol. The SMILES string of the molecule is CC(C)(C)c1ccc(CC(N)c2ccncc2)cc1. The molecule has 0 saturated carbocycles. The maximum absolute atomic E-state index is 6.22. The van der Waals surface area contributed by atoms with Gasteiger partial charge in [-0.2, -0.15) is 0 Å². The van der Waals surface area contributed by atoms with E-state index in [4.69, 9.17) is 5.73 Å². The van der Waals surface area contributed by atoms with Gasteiger partial charge in [-0.15, -0.1) is 0 Å². The fraction of sp³-hybridized carbons (Fsp3) is 0.353. The van der Waals surface area contributed by atoms with E-state index in [1.807, 2.05) is 12.1 Å². The van der Waals surface area contributed by atoms with Gasteiger partial charge in [-0.05, 0) is 40.7 Å². The van der Waals surface area contributed by atoms with Gasteiger partial charge in [0.05, 0.1) is 0 Å². The third kappa shape index (κ3) is 3.65. The number of pyridine rings is 1. The molecule has 100 valence electrons. The topological polar surface area (TPSA) is 38.9 Å². The highest BCUT2D eigenvalue weighted by molar-refractivity contribution is 5.29. The molecule has 0 aliphatic heterocycles. The normalized spacial score (nSPS) is 13.3. The van der Waals surface area contributed by atoms with Gasteiger partial charge in [0.2, 0.25) is 0 Å². The van der Waals surface area contributed by atoms with Crippen LogP contribution in [0.3, 0.4) is 0 Å². The van der Waals surface area contributed by atoms with E-state index in [1.54, 1.807) is 12.4 Å². The van der Waals surface area contributed by atoms with Crippen molar-refractivity contribution in [3.63, 3.8) is 0 Å². The lowest BCUT2D eigenvalue weighted by Crippen LogP contribution is -2.14. The molecule has 2 aromatic rings. The van der Waals surface area contributed by atoms with Crippen LogP contribution in [0.25, 0.3) is 0 Å². The molecule has 1 heterocycles. The molecular weight excluding hydrogens is 232 g/mol. The molecule has 1 aromatic carbocycles. The van der Waals surface area contributed by atoms with Crippen LogP contribution in [0, 0.1) is 0 Å². The molecule has 2 heteroatoms. The zero-order valence-electron chi connectivity index (χ0n) is 11.9. The second-order valence-electron chi connectivity index (χ2n) is 6.04. The molecule has 2 N–H and O–H groups in total. The van der Waals surface area contributed by atoms with Gasteiger partial charge >= 0.3 is 0 Å². The molecule has 0 aliphatic rings. The van der Waals surface area contributed by atoms with Crippen molar-refractivity contribution in [3.05, 3.63) is 65.5 Å². The summed E-state index contributed by atoms with van der Waals surface area (Å²) in [7, 11) is 0. The summed E-state index contributed by atoms with van der Waals surface area (Å²) in [5.74, 6) is 0. The first-order valence-electron chi connectivity index (χ1n) is 6.72. The Hall–Kier alpha value is -1.67. The highest BCUT2D eigenvalue weighted by atomic mass is 14.6. The van der Waals surface area contributed by atoms with Gasteiger partial charge < -0.3 is 5.73 Å². The first-order chi connectivity index (χ1) is 8.97. The zero-order chi connectivity index (χ0) is 13.9. The fourth-order valence-corrected chi connectivity index (χ4v) is 2.12. The minimum absolute atomic E-state index is 0.0310. The Morgan fingerprint density at radius 2 is 1.58 bits per heavy atom. The van der Waals surface area contributed by atoms with E-state index in [-0.39, 0.29) is 11.5 Å². The van der Waals surface area contributed by atoms with Crippen LogP contribution >= 0.6 is 0 Å². The number of nitrogens with two attached hydrogens (primary N) is 1. The molecule has 1 unspecified atom stereocenters. The molecule has 19 heavy (non-hydrogen) atoms. The van der Waals surface area contributed by atoms with Gasteiger partial charge in [0, 0.05) is 18.4 Å². The lowest BCUT2D eigenvalue weighted by Gasteiger charge is -2.19. The van der Waals surface area contributed by atoms with E-state index in [0.717, 1.165) is 12.0 Å². The van der Waals surface area contributed by atoms with Crippen LogP contribution in [0.15, 0.2) is 48.8 Å². The molecule has 1 atom stereocenters. The van der Waals surface area contributed by atoms with Crippen LogP contribution in [-0.2, 0) is 11.8 Å². The first-order valence-corrected chi connectivity index (χ1v) is 6.72. The molecule has 0 saturated heterocycles. The minimum atomic E-state index is 0.0310. The molecule has 2 nitrogen and oxygen atoms in total. The highest BCUT2D eigenvalue weighted by Crippen LogP contribution is 2.23. The molecular formula is C17H22N2. The summed E-state index contributed by atoms with van der Waals surface area (Å²) in [6, 6.07) is 12.8. The minimum Gasteiger partial charge on any atom is -0.324 e. The molecule has 0 aliphatic carbocycles. The van der Waals surface area contributed by atoms with Crippen molar-refractivity contribution in [2.24, 2.45) is 5.73 Å². The van der Waals surface area contributed by atoms with Gasteiger partial charge in [0.25, 0.3) is 0 Å². The largest absolute Gasteiger partial charge is 0.324 e.